The van der Waals surface area contributed by atoms with Crippen LogP contribution in [-0.4, -0.2) is 40.5 Å². The first kappa shape index (κ1) is 19.5. The molecule has 0 spiro atoms. The van der Waals surface area contributed by atoms with E-state index in [0.717, 1.165) is 37.0 Å². The molecule has 23 heavy (non-hydrogen) atoms. The third-order valence-corrected chi connectivity index (χ3v) is 3.72. The standard InChI is InChI=1S/C17H33N5O/c1-6-18-16(19-10-8-7-9-14(2)3)20-13-17(4,23)15-11-21-22(5)12-15/h11-12,14,23H,6-10,13H2,1-5H3,(H2,18,19,20). The van der Waals surface area contributed by atoms with E-state index in [9.17, 15) is 5.11 Å². The van der Waals surface area contributed by atoms with Crippen molar-refractivity contribution >= 4 is 5.96 Å². The number of nitrogens with one attached hydrogen (secondary N) is 2. The van der Waals surface area contributed by atoms with E-state index in [-0.39, 0.29) is 0 Å². The van der Waals surface area contributed by atoms with Gasteiger partial charge >= 0.3 is 0 Å². The highest BCUT2D eigenvalue weighted by atomic mass is 16.3. The van der Waals surface area contributed by atoms with E-state index < -0.39 is 5.60 Å². The van der Waals surface area contributed by atoms with Crippen molar-refractivity contribution in [2.75, 3.05) is 19.6 Å². The molecule has 1 aromatic rings. The fourth-order valence-electron chi connectivity index (χ4n) is 2.25. The molecule has 0 saturated carbocycles. The van der Waals surface area contributed by atoms with E-state index in [1.807, 2.05) is 20.2 Å². The van der Waals surface area contributed by atoms with Crippen molar-refractivity contribution in [3.05, 3.63) is 18.0 Å². The second-order valence-electron chi connectivity index (χ2n) is 6.69. The van der Waals surface area contributed by atoms with Gasteiger partial charge in [0.05, 0.1) is 12.7 Å². The second-order valence-corrected chi connectivity index (χ2v) is 6.69. The smallest absolute Gasteiger partial charge is 0.191 e. The molecule has 0 amide bonds. The Labute approximate surface area is 140 Å². The number of aryl methyl sites for hydroxylation is 1. The Bertz CT molecular complexity index is 479. The molecule has 1 atom stereocenters. The summed E-state index contributed by atoms with van der Waals surface area (Å²) >= 11 is 0. The molecule has 0 aliphatic heterocycles. The van der Waals surface area contributed by atoms with Crippen LogP contribution in [0, 0.1) is 5.92 Å². The molecule has 0 saturated heterocycles. The average Bonchev–Trinajstić information content (AvgIpc) is 2.91. The SMILES string of the molecule is CCNC(=NCC(C)(O)c1cnn(C)c1)NCCCCC(C)C. The van der Waals surface area contributed by atoms with Gasteiger partial charge in [-0.2, -0.15) is 5.10 Å². The summed E-state index contributed by atoms with van der Waals surface area (Å²) in [7, 11) is 1.84. The molecule has 1 aromatic heterocycles. The van der Waals surface area contributed by atoms with Gasteiger partial charge in [-0.15, -0.1) is 0 Å². The van der Waals surface area contributed by atoms with E-state index >= 15 is 0 Å². The van der Waals surface area contributed by atoms with Crippen LogP contribution in [0.3, 0.4) is 0 Å². The number of hydrogen-bond donors (Lipinski definition) is 3. The summed E-state index contributed by atoms with van der Waals surface area (Å²) in [6.45, 7) is 10.3. The molecule has 1 unspecified atom stereocenters. The van der Waals surface area contributed by atoms with Crippen molar-refractivity contribution in [2.24, 2.45) is 18.0 Å². The normalized spacial score (nSPS) is 14.8. The molecule has 0 aliphatic carbocycles. The van der Waals surface area contributed by atoms with Crippen LogP contribution in [0.1, 0.15) is 52.5 Å². The van der Waals surface area contributed by atoms with Crippen LogP contribution in [0.2, 0.25) is 0 Å². The lowest BCUT2D eigenvalue weighted by Crippen LogP contribution is -2.39. The quantitative estimate of drug-likeness (QED) is 0.369. The van der Waals surface area contributed by atoms with Crippen molar-refractivity contribution < 1.29 is 5.11 Å². The Kier molecular flexibility index (Phi) is 8.09. The highest BCUT2D eigenvalue weighted by molar-refractivity contribution is 5.79. The first-order valence-electron chi connectivity index (χ1n) is 8.59. The lowest BCUT2D eigenvalue weighted by molar-refractivity contribution is 0.0672. The summed E-state index contributed by atoms with van der Waals surface area (Å²) in [4.78, 5) is 4.51. The van der Waals surface area contributed by atoms with E-state index in [2.05, 4.69) is 34.6 Å². The fraction of sp³-hybridized carbons (Fsp3) is 0.765. The number of unbranched alkanes of at least 4 members (excludes halogenated alkanes) is 1. The fourth-order valence-corrected chi connectivity index (χ4v) is 2.25. The van der Waals surface area contributed by atoms with Crippen LogP contribution in [0.25, 0.3) is 0 Å². The maximum absolute atomic E-state index is 10.6. The Morgan fingerprint density at radius 2 is 2.13 bits per heavy atom. The van der Waals surface area contributed by atoms with Gasteiger partial charge in [-0.3, -0.25) is 4.68 Å². The minimum absolute atomic E-state index is 0.292. The van der Waals surface area contributed by atoms with Crippen molar-refractivity contribution in [1.82, 2.24) is 20.4 Å². The summed E-state index contributed by atoms with van der Waals surface area (Å²) in [6, 6.07) is 0. The largest absolute Gasteiger partial charge is 0.383 e. The summed E-state index contributed by atoms with van der Waals surface area (Å²) < 4.78 is 1.69. The topological polar surface area (TPSA) is 74.5 Å². The Hall–Kier alpha value is -1.56. The summed E-state index contributed by atoms with van der Waals surface area (Å²) in [6.07, 6.45) is 7.10. The van der Waals surface area contributed by atoms with Gasteiger partial charge in [0, 0.05) is 31.9 Å². The van der Waals surface area contributed by atoms with Gasteiger partial charge in [-0.1, -0.05) is 26.7 Å². The monoisotopic (exact) mass is 323 g/mol. The molecule has 6 nitrogen and oxygen atoms in total. The molecule has 0 aliphatic rings. The molecule has 6 heteroatoms. The van der Waals surface area contributed by atoms with Crippen LogP contribution in [0.15, 0.2) is 17.4 Å². The third kappa shape index (κ3) is 7.50. The average molecular weight is 323 g/mol. The molecule has 0 aromatic carbocycles. The van der Waals surface area contributed by atoms with Gasteiger partial charge in [-0.05, 0) is 26.2 Å². The third-order valence-electron chi connectivity index (χ3n) is 3.72. The molecular formula is C17H33N5O. The minimum Gasteiger partial charge on any atom is -0.383 e. The number of aliphatic hydroxyl groups is 1. The lowest BCUT2D eigenvalue weighted by Gasteiger charge is -2.20. The molecule has 3 N–H and O–H groups in total. The number of aromatic nitrogens is 2. The Morgan fingerprint density at radius 1 is 1.39 bits per heavy atom. The maximum Gasteiger partial charge on any atom is 0.191 e. The minimum atomic E-state index is -1.02. The van der Waals surface area contributed by atoms with Crippen molar-refractivity contribution in [2.45, 2.75) is 52.6 Å². The zero-order valence-electron chi connectivity index (χ0n) is 15.3. The summed E-state index contributed by atoms with van der Waals surface area (Å²) in [5, 5.41) is 21.2. The highest BCUT2D eigenvalue weighted by Crippen LogP contribution is 2.19. The molecule has 0 fully saturated rings. The van der Waals surface area contributed by atoms with E-state index in [1.54, 1.807) is 17.8 Å². The zero-order valence-corrected chi connectivity index (χ0v) is 15.3. The van der Waals surface area contributed by atoms with Crippen LogP contribution in [0.4, 0.5) is 0 Å². The van der Waals surface area contributed by atoms with Crippen LogP contribution >= 0.6 is 0 Å². The Morgan fingerprint density at radius 3 is 2.70 bits per heavy atom. The van der Waals surface area contributed by atoms with Crippen molar-refractivity contribution in [3.8, 4) is 0 Å². The van der Waals surface area contributed by atoms with Crippen LogP contribution in [0.5, 0.6) is 0 Å². The molecule has 1 rings (SSSR count). The first-order chi connectivity index (χ1) is 10.8. The van der Waals surface area contributed by atoms with Gasteiger partial charge in [0.25, 0.3) is 0 Å². The van der Waals surface area contributed by atoms with E-state index in [0.29, 0.717) is 6.54 Å². The number of hydrogen-bond acceptors (Lipinski definition) is 3. The lowest BCUT2D eigenvalue weighted by atomic mass is 10.0. The molecule has 132 valence electrons. The van der Waals surface area contributed by atoms with E-state index in [4.69, 9.17) is 0 Å². The van der Waals surface area contributed by atoms with Gasteiger partial charge in [-0.25, -0.2) is 4.99 Å². The zero-order chi connectivity index (χ0) is 17.3. The van der Waals surface area contributed by atoms with Crippen molar-refractivity contribution in [3.63, 3.8) is 0 Å². The van der Waals surface area contributed by atoms with Gasteiger partial charge in [0.1, 0.15) is 5.60 Å². The predicted octanol–water partition coefficient (Wildman–Crippen LogP) is 2.01. The molecular weight excluding hydrogens is 290 g/mol. The molecule has 0 bridgehead atoms. The first-order valence-corrected chi connectivity index (χ1v) is 8.59. The number of guanidine groups is 1. The number of nitrogens with zero attached hydrogens (tertiary/aromatic N) is 3. The highest BCUT2D eigenvalue weighted by Gasteiger charge is 2.24. The predicted molar refractivity (Wildman–Crippen MR) is 95.4 cm³/mol. The maximum atomic E-state index is 10.6. The summed E-state index contributed by atoms with van der Waals surface area (Å²) in [5.41, 5.74) is -0.245. The molecule has 1 heterocycles. The van der Waals surface area contributed by atoms with Gasteiger partial charge in [0.2, 0.25) is 0 Å². The van der Waals surface area contributed by atoms with Crippen molar-refractivity contribution in [1.29, 1.82) is 0 Å². The number of aliphatic imine (C=N–C) groups is 1. The van der Waals surface area contributed by atoms with Crippen LogP contribution in [-0.2, 0) is 12.6 Å². The van der Waals surface area contributed by atoms with Gasteiger partial charge in [0.15, 0.2) is 5.96 Å². The number of rotatable bonds is 9. The Balaban J connectivity index is 2.50. The molecule has 0 radical (unpaired) electrons. The van der Waals surface area contributed by atoms with Crippen LogP contribution < -0.4 is 10.6 Å². The van der Waals surface area contributed by atoms with Gasteiger partial charge < -0.3 is 15.7 Å². The second kappa shape index (κ2) is 9.55. The summed E-state index contributed by atoms with van der Waals surface area (Å²) in [5.74, 6) is 1.51. The van der Waals surface area contributed by atoms with E-state index in [1.165, 1.54) is 12.8 Å².